The van der Waals surface area contributed by atoms with Crippen LogP contribution >= 0.6 is 0 Å². The minimum atomic E-state index is 0.390. The summed E-state index contributed by atoms with van der Waals surface area (Å²) in [6.07, 6.45) is 6.81. The molecule has 0 aromatic carbocycles. The van der Waals surface area contributed by atoms with Crippen LogP contribution in [0.25, 0.3) is 0 Å². The maximum Gasteiger partial charge on any atom is 0.0753 e. The van der Waals surface area contributed by atoms with E-state index in [-0.39, 0.29) is 0 Å². The third-order valence-corrected chi connectivity index (χ3v) is 2.55. The Morgan fingerprint density at radius 2 is 2.29 bits per heavy atom. The molecule has 1 heterocycles. The summed E-state index contributed by atoms with van der Waals surface area (Å²) in [5.74, 6) is 0. The summed E-state index contributed by atoms with van der Waals surface area (Å²) >= 11 is 0. The molecule has 0 fully saturated rings. The van der Waals surface area contributed by atoms with Gasteiger partial charge in [-0.05, 0) is 13.5 Å². The molecule has 0 bridgehead atoms. The summed E-state index contributed by atoms with van der Waals surface area (Å²) in [5.41, 5.74) is 1.17. The molecule has 0 saturated carbocycles. The molecule has 1 aromatic rings. The van der Waals surface area contributed by atoms with E-state index in [1.54, 1.807) is 0 Å². The zero-order valence-corrected chi connectivity index (χ0v) is 9.32. The van der Waals surface area contributed by atoms with Crippen LogP contribution in [-0.2, 0) is 7.05 Å². The van der Waals surface area contributed by atoms with E-state index in [2.05, 4.69) is 22.6 Å². The SMILES string of the molecule is CCCCCC(NC)c1cnnn1C. The van der Waals surface area contributed by atoms with Crippen LogP contribution in [-0.4, -0.2) is 22.0 Å². The van der Waals surface area contributed by atoms with Gasteiger partial charge < -0.3 is 5.32 Å². The third kappa shape index (κ3) is 2.80. The highest BCUT2D eigenvalue weighted by Crippen LogP contribution is 2.17. The molecule has 1 unspecified atom stereocenters. The Kier molecular flexibility index (Phi) is 4.59. The van der Waals surface area contributed by atoms with Gasteiger partial charge in [0.1, 0.15) is 0 Å². The predicted octanol–water partition coefficient (Wildman–Crippen LogP) is 1.66. The van der Waals surface area contributed by atoms with Gasteiger partial charge >= 0.3 is 0 Å². The van der Waals surface area contributed by atoms with Crippen LogP contribution in [0.4, 0.5) is 0 Å². The molecule has 0 radical (unpaired) electrons. The highest BCUT2D eigenvalue weighted by Gasteiger charge is 2.12. The number of nitrogens with zero attached hydrogens (tertiary/aromatic N) is 3. The van der Waals surface area contributed by atoms with Crippen LogP contribution in [0.15, 0.2) is 6.20 Å². The van der Waals surface area contributed by atoms with Gasteiger partial charge in [0.25, 0.3) is 0 Å². The zero-order chi connectivity index (χ0) is 10.4. The Bertz CT molecular complexity index is 256. The Morgan fingerprint density at radius 1 is 1.50 bits per heavy atom. The number of aromatic nitrogens is 3. The summed E-state index contributed by atoms with van der Waals surface area (Å²) in [5, 5.41) is 11.1. The van der Waals surface area contributed by atoms with E-state index in [1.807, 2.05) is 25.0 Å². The van der Waals surface area contributed by atoms with Gasteiger partial charge in [-0.25, -0.2) is 0 Å². The van der Waals surface area contributed by atoms with Gasteiger partial charge in [-0.15, -0.1) is 5.10 Å². The Balaban J connectivity index is 2.50. The van der Waals surface area contributed by atoms with E-state index in [0.717, 1.165) is 6.42 Å². The van der Waals surface area contributed by atoms with E-state index >= 15 is 0 Å². The molecule has 0 saturated heterocycles. The molecular formula is C10H20N4. The number of hydrogen-bond acceptors (Lipinski definition) is 3. The molecular weight excluding hydrogens is 176 g/mol. The van der Waals surface area contributed by atoms with Crippen molar-refractivity contribution in [1.82, 2.24) is 20.3 Å². The quantitative estimate of drug-likeness (QED) is 0.704. The van der Waals surface area contributed by atoms with Crippen molar-refractivity contribution in [2.75, 3.05) is 7.05 Å². The molecule has 1 N–H and O–H groups in total. The van der Waals surface area contributed by atoms with Crippen LogP contribution in [0.1, 0.15) is 44.3 Å². The molecule has 1 rings (SSSR count). The second-order valence-electron chi connectivity index (χ2n) is 3.62. The second-order valence-corrected chi connectivity index (χ2v) is 3.62. The first kappa shape index (κ1) is 11.2. The minimum Gasteiger partial charge on any atom is -0.312 e. The van der Waals surface area contributed by atoms with Crippen LogP contribution in [0.2, 0.25) is 0 Å². The van der Waals surface area contributed by atoms with Gasteiger partial charge in [-0.1, -0.05) is 31.4 Å². The second kappa shape index (κ2) is 5.75. The molecule has 0 amide bonds. The third-order valence-electron chi connectivity index (χ3n) is 2.55. The number of hydrogen-bond donors (Lipinski definition) is 1. The molecule has 0 aliphatic rings. The average Bonchev–Trinajstić information content (AvgIpc) is 2.60. The van der Waals surface area contributed by atoms with Gasteiger partial charge in [-0.2, -0.15) is 0 Å². The molecule has 0 spiro atoms. The lowest BCUT2D eigenvalue weighted by atomic mass is 10.1. The molecule has 1 atom stereocenters. The van der Waals surface area contributed by atoms with E-state index in [1.165, 1.54) is 25.0 Å². The fraction of sp³-hybridized carbons (Fsp3) is 0.800. The molecule has 4 nitrogen and oxygen atoms in total. The first-order valence-electron chi connectivity index (χ1n) is 5.31. The average molecular weight is 196 g/mol. The van der Waals surface area contributed by atoms with Gasteiger partial charge in [0.2, 0.25) is 0 Å². The largest absolute Gasteiger partial charge is 0.312 e. The molecule has 0 aliphatic heterocycles. The van der Waals surface area contributed by atoms with Crippen molar-refractivity contribution >= 4 is 0 Å². The van der Waals surface area contributed by atoms with Crippen molar-refractivity contribution in [3.8, 4) is 0 Å². The first-order chi connectivity index (χ1) is 6.79. The molecule has 14 heavy (non-hydrogen) atoms. The van der Waals surface area contributed by atoms with Crippen molar-refractivity contribution in [3.05, 3.63) is 11.9 Å². The smallest absolute Gasteiger partial charge is 0.0753 e. The number of rotatable bonds is 6. The lowest BCUT2D eigenvalue weighted by Gasteiger charge is -2.15. The van der Waals surface area contributed by atoms with Crippen LogP contribution in [0, 0.1) is 0 Å². The van der Waals surface area contributed by atoms with E-state index in [9.17, 15) is 0 Å². The standard InChI is InChI=1S/C10H20N4/c1-4-5-6-7-9(11-2)10-8-12-13-14(10)3/h8-9,11H,4-7H2,1-3H3. The van der Waals surface area contributed by atoms with Crippen molar-refractivity contribution in [2.45, 2.75) is 38.6 Å². The summed E-state index contributed by atoms with van der Waals surface area (Å²) in [6, 6.07) is 0.390. The van der Waals surface area contributed by atoms with Gasteiger partial charge in [-0.3, -0.25) is 4.68 Å². The maximum atomic E-state index is 3.94. The summed E-state index contributed by atoms with van der Waals surface area (Å²) in [6.45, 7) is 2.22. The lowest BCUT2D eigenvalue weighted by molar-refractivity contribution is 0.479. The zero-order valence-electron chi connectivity index (χ0n) is 9.32. The summed E-state index contributed by atoms with van der Waals surface area (Å²) < 4.78 is 1.84. The molecule has 4 heteroatoms. The fourth-order valence-corrected chi connectivity index (χ4v) is 1.65. The van der Waals surface area contributed by atoms with Gasteiger partial charge in [0.05, 0.1) is 17.9 Å². The van der Waals surface area contributed by atoms with Crippen molar-refractivity contribution in [1.29, 1.82) is 0 Å². The Hall–Kier alpha value is -0.900. The topological polar surface area (TPSA) is 42.7 Å². The summed E-state index contributed by atoms with van der Waals surface area (Å²) in [7, 11) is 3.93. The van der Waals surface area contributed by atoms with Crippen LogP contribution < -0.4 is 5.32 Å². The van der Waals surface area contributed by atoms with E-state index < -0.39 is 0 Å². The predicted molar refractivity (Wildman–Crippen MR) is 56.9 cm³/mol. The lowest BCUT2D eigenvalue weighted by Crippen LogP contribution is -2.19. The van der Waals surface area contributed by atoms with E-state index in [0.29, 0.717) is 6.04 Å². The Morgan fingerprint density at radius 3 is 2.79 bits per heavy atom. The fourth-order valence-electron chi connectivity index (χ4n) is 1.65. The van der Waals surface area contributed by atoms with Crippen LogP contribution in [0.3, 0.4) is 0 Å². The highest BCUT2D eigenvalue weighted by molar-refractivity contribution is 5.01. The van der Waals surface area contributed by atoms with Crippen molar-refractivity contribution in [3.63, 3.8) is 0 Å². The van der Waals surface area contributed by atoms with E-state index in [4.69, 9.17) is 0 Å². The molecule has 80 valence electrons. The van der Waals surface area contributed by atoms with Gasteiger partial charge in [0.15, 0.2) is 0 Å². The van der Waals surface area contributed by atoms with Crippen LogP contribution in [0.5, 0.6) is 0 Å². The normalized spacial score (nSPS) is 13.1. The monoisotopic (exact) mass is 196 g/mol. The van der Waals surface area contributed by atoms with Gasteiger partial charge in [0, 0.05) is 7.05 Å². The number of unbranched alkanes of at least 4 members (excludes halogenated alkanes) is 2. The molecule has 0 aliphatic carbocycles. The Labute approximate surface area is 85.7 Å². The number of aryl methyl sites for hydroxylation is 1. The van der Waals surface area contributed by atoms with Crippen molar-refractivity contribution < 1.29 is 0 Å². The van der Waals surface area contributed by atoms with Crippen molar-refractivity contribution in [2.24, 2.45) is 7.05 Å². The number of nitrogens with one attached hydrogen (secondary N) is 1. The minimum absolute atomic E-state index is 0.390. The highest BCUT2D eigenvalue weighted by atomic mass is 15.4. The first-order valence-corrected chi connectivity index (χ1v) is 5.31. The maximum absolute atomic E-state index is 3.94. The molecule has 1 aromatic heterocycles. The summed E-state index contributed by atoms with van der Waals surface area (Å²) in [4.78, 5) is 0.